The van der Waals surface area contributed by atoms with Crippen LogP contribution < -0.4 is 9.47 Å². The smallest absolute Gasteiger partial charge is 0.160 e. The lowest BCUT2D eigenvalue weighted by molar-refractivity contribution is -0.122. The van der Waals surface area contributed by atoms with Crippen LogP contribution in [-0.2, 0) is 4.79 Å². The van der Waals surface area contributed by atoms with Gasteiger partial charge in [0.15, 0.2) is 11.5 Å². The number of carbonyl (C=O) groups is 1. The molecule has 2 atom stereocenters. The van der Waals surface area contributed by atoms with Gasteiger partial charge in [-0.2, -0.15) is 0 Å². The Hall–Kier alpha value is -1.55. The van der Waals surface area contributed by atoms with Gasteiger partial charge in [0.2, 0.25) is 0 Å². The highest BCUT2D eigenvalue weighted by molar-refractivity contribution is 5.80. The van der Waals surface area contributed by atoms with E-state index in [1.54, 1.807) is 14.2 Å². The second-order valence-corrected chi connectivity index (χ2v) is 5.73. The molecule has 130 valence electrons. The van der Waals surface area contributed by atoms with E-state index in [2.05, 4.69) is 11.9 Å². The number of fused-ring (bicyclic) bond motifs is 1. The van der Waals surface area contributed by atoms with Crippen molar-refractivity contribution in [3.8, 4) is 11.5 Å². The lowest BCUT2D eigenvalue weighted by Gasteiger charge is -2.28. The van der Waals surface area contributed by atoms with E-state index < -0.39 is 0 Å². The Labute approximate surface area is 140 Å². The van der Waals surface area contributed by atoms with Crippen LogP contribution in [0.4, 0.5) is 0 Å². The van der Waals surface area contributed by atoms with E-state index in [0.29, 0.717) is 11.8 Å². The lowest BCUT2D eigenvalue weighted by atomic mass is 9.84. The molecule has 0 spiro atoms. The van der Waals surface area contributed by atoms with E-state index >= 15 is 0 Å². The summed E-state index contributed by atoms with van der Waals surface area (Å²) in [6.45, 7) is 5.20. The van der Waals surface area contributed by atoms with Crippen LogP contribution in [-0.4, -0.2) is 44.5 Å². The number of Topliss-reactive ketones (excluding diaryl/α,β-unsaturated/α-hetero) is 1. The van der Waals surface area contributed by atoms with Gasteiger partial charge in [-0.15, -0.1) is 0 Å². The van der Waals surface area contributed by atoms with Crippen LogP contribution in [0, 0.1) is 5.92 Å². The summed E-state index contributed by atoms with van der Waals surface area (Å²) >= 11 is 0. The Morgan fingerprint density at radius 3 is 2.13 bits per heavy atom. The molecule has 1 heterocycles. The van der Waals surface area contributed by atoms with Crippen molar-refractivity contribution in [2.24, 2.45) is 5.92 Å². The molecule has 1 saturated carbocycles. The lowest BCUT2D eigenvalue weighted by Crippen LogP contribution is -2.35. The summed E-state index contributed by atoms with van der Waals surface area (Å²) in [5.41, 5.74) is 0. The number of methoxy groups -OCH3 is 2. The van der Waals surface area contributed by atoms with Gasteiger partial charge in [-0.3, -0.25) is 4.79 Å². The van der Waals surface area contributed by atoms with E-state index in [0.717, 1.165) is 36.7 Å². The third kappa shape index (κ3) is 5.54. The van der Waals surface area contributed by atoms with E-state index in [1.165, 1.54) is 13.0 Å². The average Bonchev–Trinajstić information content (AvgIpc) is 2.97. The summed E-state index contributed by atoms with van der Waals surface area (Å²) in [6, 6.07) is 8.12. The van der Waals surface area contributed by atoms with Gasteiger partial charge in [-0.05, 0) is 44.5 Å². The summed E-state index contributed by atoms with van der Waals surface area (Å²) in [5, 5.41) is 0. The minimum atomic E-state index is 0.472. The first-order chi connectivity index (χ1) is 11.2. The summed E-state index contributed by atoms with van der Waals surface area (Å²) in [4.78, 5) is 13.5. The first-order valence-corrected chi connectivity index (χ1v) is 8.54. The number of ketones is 1. The molecule has 1 aliphatic carbocycles. The molecule has 1 aromatic carbocycles. The fourth-order valence-electron chi connectivity index (χ4n) is 3.22. The molecular weight excluding hydrogens is 290 g/mol. The van der Waals surface area contributed by atoms with Gasteiger partial charge < -0.3 is 14.4 Å². The van der Waals surface area contributed by atoms with Crippen LogP contribution in [0.2, 0.25) is 0 Å². The molecule has 4 heteroatoms. The number of benzene rings is 1. The number of hydrogen-bond acceptors (Lipinski definition) is 4. The number of hydrogen-bond donors (Lipinski definition) is 0. The highest BCUT2D eigenvalue weighted by Gasteiger charge is 2.36. The highest BCUT2D eigenvalue weighted by atomic mass is 16.5. The molecule has 1 aromatic rings. The number of ether oxygens (including phenoxy) is 2. The van der Waals surface area contributed by atoms with Crippen LogP contribution >= 0.6 is 0 Å². The molecule has 23 heavy (non-hydrogen) atoms. The van der Waals surface area contributed by atoms with E-state index in [-0.39, 0.29) is 0 Å². The quantitative estimate of drug-likeness (QED) is 0.831. The van der Waals surface area contributed by atoms with Gasteiger partial charge in [0.05, 0.1) is 14.2 Å². The fraction of sp³-hybridized carbons (Fsp3) is 0.632. The summed E-state index contributed by atoms with van der Waals surface area (Å²) in [6.07, 6.45) is 4.12. The maximum atomic E-state index is 11.1. The molecule has 4 nitrogen and oxygen atoms in total. The van der Waals surface area contributed by atoms with Crippen LogP contribution in [0.15, 0.2) is 24.3 Å². The monoisotopic (exact) mass is 321 g/mol. The minimum absolute atomic E-state index is 0.472. The Balaban J connectivity index is 0.000000209. The van der Waals surface area contributed by atoms with Gasteiger partial charge in [0.25, 0.3) is 0 Å². The molecule has 2 unspecified atom stereocenters. The van der Waals surface area contributed by atoms with E-state index in [9.17, 15) is 4.79 Å². The number of carbonyl (C=O) groups excluding carboxylic acids is 1. The first kappa shape index (κ1) is 19.5. The maximum Gasteiger partial charge on any atom is 0.160 e. The van der Waals surface area contributed by atoms with Crippen molar-refractivity contribution in [3.63, 3.8) is 0 Å². The Bertz CT molecular complexity index is 452. The Morgan fingerprint density at radius 2 is 1.61 bits per heavy atom. The largest absolute Gasteiger partial charge is 0.493 e. The zero-order chi connectivity index (χ0) is 17.2. The van der Waals surface area contributed by atoms with Crippen LogP contribution in [0.5, 0.6) is 11.5 Å². The SMILES string of the molecule is CC.CN1CCC2CCC(=O)CC21.COc1ccccc1OC. The van der Waals surface area contributed by atoms with Crippen molar-refractivity contribution in [2.45, 2.75) is 45.6 Å². The number of para-hydroxylation sites is 2. The molecule has 2 aliphatic rings. The van der Waals surface area contributed by atoms with Crippen molar-refractivity contribution in [1.82, 2.24) is 4.90 Å². The summed E-state index contributed by atoms with van der Waals surface area (Å²) in [7, 11) is 5.39. The van der Waals surface area contributed by atoms with Gasteiger partial charge in [-0.25, -0.2) is 0 Å². The van der Waals surface area contributed by atoms with Gasteiger partial charge in [-0.1, -0.05) is 26.0 Å². The maximum absolute atomic E-state index is 11.1. The predicted octanol–water partition coefficient (Wildman–Crippen LogP) is 3.79. The average molecular weight is 321 g/mol. The Kier molecular flexibility index (Phi) is 8.70. The van der Waals surface area contributed by atoms with E-state index in [4.69, 9.17) is 9.47 Å². The first-order valence-electron chi connectivity index (χ1n) is 8.54. The van der Waals surface area contributed by atoms with Crippen LogP contribution in [0.3, 0.4) is 0 Å². The second-order valence-electron chi connectivity index (χ2n) is 5.73. The molecule has 0 N–H and O–H groups in total. The summed E-state index contributed by atoms with van der Waals surface area (Å²) in [5.74, 6) is 2.84. The van der Waals surface area contributed by atoms with Gasteiger partial charge in [0, 0.05) is 18.9 Å². The van der Waals surface area contributed by atoms with Crippen molar-refractivity contribution >= 4 is 5.78 Å². The fourth-order valence-corrected chi connectivity index (χ4v) is 3.22. The van der Waals surface area contributed by atoms with Crippen molar-refractivity contribution in [3.05, 3.63) is 24.3 Å². The summed E-state index contributed by atoms with van der Waals surface area (Å²) < 4.78 is 10.0. The molecule has 1 saturated heterocycles. The standard InChI is InChI=1S/C9H15NO.C8H10O2.C2H6/c1-10-5-4-7-2-3-8(11)6-9(7)10;1-9-7-5-3-4-6-8(7)10-2;1-2/h7,9H,2-6H2,1H3;3-6H,1-2H3;1-2H3. The van der Waals surface area contributed by atoms with Gasteiger partial charge in [0.1, 0.15) is 5.78 Å². The molecule has 0 radical (unpaired) electrons. The molecule has 1 aliphatic heterocycles. The van der Waals surface area contributed by atoms with Crippen LogP contribution in [0.1, 0.15) is 39.5 Å². The minimum Gasteiger partial charge on any atom is -0.493 e. The van der Waals surface area contributed by atoms with Crippen molar-refractivity contribution in [1.29, 1.82) is 0 Å². The normalized spacial score (nSPS) is 22.9. The molecular formula is C19H31NO3. The zero-order valence-electron chi connectivity index (χ0n) is 15.2. The predicted molar refractivity (Wildman–Crippen MR) is 94.3 cm³/mol. The molecule has 0 amide bonds. The third-order valence-corrected chi connectivity index (χ3v) is 4.48. The molecule has 3 rings (SSSR count). The molecule has 2 fully saturated rings. The highest BCUT2D eigenvalue weighted by Crippen LogP contribution is 2.33. The number of rotatable bonds is 2. The van der Waals surface area contributed by atoms with E-state index in [1.807, 2.05) is 38.1 Å². The molecule has 0 bridgehead atoms. The topological polar surface area (TPSA) is 38.8 Å². The number of nitrogens with zero attached hydrogens (tertiary/aromatic N) is 1. The van der Waals surface area contributed by atoms with Gasteiger partial charge >= 0.3 is 0 Å². The number of likely N-dealkylation sites (tertiary alicyclic amines) is 1. The molecule has 0 aromatic heterocycles. The Morgan fingerprint density at radius 1 is 1.04 bits per heavy atom. The van der Waals surface area contributed by atoms with Crippen molar-refractivity contribution in [2.75, 3.05) is 27.8 Å². The zero-order valence-corrected chi connectivity index (χ0v) is 15.2. The van der Waals surface area contributed by atoms with Crippen LogP contribution in [0.25, 0.3) is 0 Å². The van der Waals surface area contributed by atoms with Crippen molar-refractivity contribution < 1.29 is 14.3 Å². The second kappa shape index (κ2) is 10.3. The third-order valence-electron chi connectivity index (χ3n) is 4.48.